The fourth-order valence-electron chi connectivity index (χ4n) is 2.29. The van der Waals surface area contributed by atoms with E-state index in [1.807, 2.05) is 6.92 Å². The molecule has 1 aromatic heterocycles. The number of pyridine rings is 1. The molecule has 2 heterocycles. The highest BCUT2D eigenvalue weighted by Gasteiger charge is 2.40. The van der Waals surface area contributed by atoms with E-state index in [2.05, 4.69) is 4.98 Å². The Morgan fingerprint density at radius 3 is 2.61 bits per heavy atom. The lowest BCUT2D eigenvalue weighted by Crippen LogP contribution is -2.67. The van der Waals surface area contributed by atoms with Crippen LogP contribution in [0.3, 0.4) is 0 Å². The predicted octanol–water partition coefficient (Wildman–Crippen LogP) is 2.42. The Morgan fingerprint density at radius 1 is 1.39 bits per heavy atom. The maximum atomic E-state index is 12.5. The van der Waals surface area contributed by atoms with Gasteiger partial charge in [-0.25, -0.2) is 4.98 Å². The average Bonchev–Trinajstić information content (AvgIpc) is 2.25. The molecule has 1 fully saturated rings. The molecule has 2 rings (SSSR count). The van der Waals surface area contributed by atoms with Gasteiger partial charge in [0.1, 0.15) is 11.5 Å². The Kier molecular flexibility index (Phi) is 3.23. The largest absolute Gasteiger partial charge is 0.433 e. The van der Waals surface area contributed by atoms with Gasteiger partial charge in [0.2, 0.25) is 0 Å². The van der Waals surface area contributed by atoms with Gasteiger partial charge in [-0.2, -0.15) is 13.2 Å². The highest BCUT2D eigenvalue weighted by molar-refractivity contribution is 5.45. The first kappa shape index (κ1) is 13.1. The molecule has 0 spiro atoms. The number of hydrogen-bond acceptors (Lipinski definition) is 3. The molecule has 2 N–H and O–H groups in total. The minimum Gasteiger partial charge on any atom is -0.353 e. The smallest absolute Gasteiger partial charge is 0.353 e. The minimum atomic E-state index is -4.40. The molecule has 0 radical (unpaired) electrons. The van der Waals surface area contributed by atoms with Crippen molar-refractivity contribution in [3.05, 3.63) is 23.9 Å². The van der Waals surface area contributed by atoms with E-state index in [4.69, 9.17) is 5.73 Å². The van der Waals surface area contributed by atoms with Crippen molar-refractivity contribution in [2.45, 2.75) is 31.5 Å². The molecule has 0 amide bonds. The first-order valence-electron chi connectivity index (χ1n) is 5.92. The van der Waals surface area contributed by atoms with Gasteiger partial charge in [-0.3, -0.25) is 0 Å². The van der Waals surface area contributed by atoms with Crippen LogP contribution in [-0.2, 0) is 6.18 Å². The van der Waals surface area contributed by atoms with Crippen molar-refractivity contribution in [3.8, 4) is 0 Å². The predicted molar refractivity (Wildman–Crippen MR) is 63.3 cm³/mol. The lowest BCUT2D eigenvalue weighted by Gasteiger charge is -2.48. The quantitative estimate of drug-likeness (QED) is 0.906. The number of anilines is 1. The minimum absolute atomic E-state index is 0.273. The van der Waals surface area contributed by atoms with E-state index in [-0.39, 0.29) is 5.54 Å². The first-order valence-corrected chi connectivity index (χ1v) is 5.92. The fraction of sp³-hybridized carbons (Fsp3) is 0.583. The van der Waals surface area contributed by atoms with Crippen molar-refractivity contribution in [2.24, 2.45) is 5.73 Å². The zero-order valence-corrected chi connectivity index (χ0v) is 10.2. The summed E-state index contributed by atoms with van der Waals surface area (Å²) in [5.41, 5.74) is 4.94. The van der Waals surface area contributed by atoms with Gasteiger partial charge in [0, 0.05) is 13.1 Å². The van der Waals surface area contributed by atoms with Crippen LogP contribution >= 0.6 is 0 Å². The van der Waals surface area contributed by atoms with Crippen LogP contribution in [0.25, 0.3) is 0 Å². The molecule has 0 unspecified atom stereocenters. The lowest BCUT2D eigenvalue weighted by atomic mass is 9.86. The third kappa shape index (κ3) is 2.58. The average molecular weight is 259 g/mol. The molecule has 0 aromatic carbocycles. The monoisotopic (exact) mass is 259 g/mol. The van der Waals surface area contributed by atoms with Crippen molar-refractivity contribution in [1.29, 1.82) is 0 Å². The number of halogens is 3. The van der Waals surface area contributed by atoms with Crippen molar-refractivity contribution in [1.82, 2.24) is 4.98 Å². The topological polar surface area (TPSA) is 42.1 Å². The van der Waals surface area contributed by atoms with Crippen LogP contribution in [0.5, 0.6) is 0 Å². The van der Waals surface area contributed by atoms with Gasteiger partial charge in [0.25, 0.3) is 0 Å². The highest BCUT2D eigenvalue weighted by Crippen LogP contribution is 2.32. The maximum absolute atomic E-state index is 12.5. The summed E-state index contributed by atoms with van der Waals surface area (Å²) in [7, 11) is 0. The second-order valence-electron chi connectivity index (χ2n) is 4.85. The van der Waals surface area contributed by atoms with E-state index in [1.165, 1.54) is 6.07 Å². The molecule has 0 bridgehead atoms. The van der Waals surface area contributed by atoms with Crippen LogP contribution < -0.4 is 10.6 Å². The van der Waals surface area contributed by atoms with E-state index in [0.717, 1.165) is 18.9 Å². The normalized spacial score (nSPS) is 18.6. The molecule has 18 heavy (non-hydrogen) atoms. The van der Waals surface area contributed by atoms with Gasteiger partial charge in [-0.1, -0.05) is 19.4 Å². The molecule has 1 aromatic rings. The van der Waals surface area contributed by atoms with Crippen molar-refractivity contribution < 1.29 is 13.2 Å². The summed E-state index contributed by atoms with van der Waals surface area (Å²) in [4.78, 5) is 5.42. The summed E-state index contributed by atoms with van der Waals surface area (Å²) < 4.78 is 37.6. The van der Waals surface area contributed by atoms with Crippen molar-refractivity contribution in [3.63, 3.8) is 0 Å². The Balaban J connectivity index is 2.08. The lowest BCUT2D eigenvalue weighted by molar-refractivity contribution is -0.141. The second-order valence-corrected chi connectivity index (χ2v) is 4.85. The Hall–Kier alpha value is -1.30. The Morgan fingerprint density at radius 2 is 2.06 bits per heavy atom. The van der Waals surface area contributed by atoms with Gasteiger partial charge >= 0.3 is 6.18 Å². The van der Waals surface area contributed by atoms with Crippen LogP contribution in [0.15, 0.2) is 18.2 Å². The molecule has 1 aliphatic rings. The molecule has 0 aliphatic carbocycles. The van der Waals surface area contributed by atoms with E-state index in [0.29, 0.717) is 18.9 Å². The van der Waals surface area contributed by atoms with Gasteiger partial charge in [-0.05, 0) is 18.6 Å². The maximum Gasteiger partial charge on any atom is 0.433 e. The summed E-state index contributed by atoms with van der Waals surface area (Å²) in [6.07, 6.45) is -2.55. The number of aromatic nitrogens is 1. The molecule has 100 valence electrons. The Bertz CT molecular complexity index is 425. The number of nitrogens with zero attached hydrogens (tertiary/aromatic N) is 2. The van der Waals surface area contributed by atoms with E-state index < -0.39 is 11.9 Å². The van der Waals surface area contributed by atoms with Crippen LogP contribution in [-0.4, -0.2) is 23.6 Å². The van der Waals surface area contributed by atoms with E-state index in [1.54, 1.807) is 11.0 Å². The SMILES string of the molecule is CCCC1(N)CN(c2cccc(C(F)(F)F)n2)C1. The molecule has 1 saturated heterocycles. The van der Waals surface area contributed by atoms with Gasteiger partial charge in [0.15, 0.2) is 0 Å². The number of alkyl halides is 3. The molecule has 6 heteroatoms. The Labute approximate surface area is 104 Å². The number of nitrogens with two attached hydrogens (primary N) is 1. The molecule has 0 saturated carbocycles. The standard InChI is InChI=1S/C12H16F3N3/c1-2-6-11(16)7-18(8-11)10-5-3-4-9(17-10)12(13,14)15/h3-5H,2,6-8,16H2,1H3. The number of hydrogen-bond donors (Lipinski definition) is 1. The summed E-state index contributed by atoms with van der Waals surface area (Å²) in [6, 6.07) is 3.94. The number of rotatable bonds is 3. The molecular weight excluding hydrogens is 243 g/mol. The first-order chi connectivity index (χ1) is 8.34. The third-order valence-electron chi connectivity index (χ3n) is 3.11. The van der Waals surface area contributed by atoms with Gasteiger partial charge < -0.3 is 10.6 Å². The van der Waals surface area contributed by atoms with Crippen LogP contribution in [0.1, 0.15) is 25.5 Å². The van der Waals surface area contributed by atoms with Gasteiger partial charge in [0.05, 0.1) is 5.54 Å². The van der Waals surface area contributed by atoms with E-state index >= 15 is 0 Å². The highest BCUT2D eigenvalue weighted by atomic mass is 19.4. The summed E-state index contributed by atoms with van der Waals surface area (Å²) >= 11 is 0. The summed E-state index contributed by atoms with van der Waals surface area (Å²) in [5, 5.41) is 0. The zero-order valence-electron chi connectivity index (χ0n) is 10.2. The van der Waals surface area contributed by atoms with Crippen LogP contribution in [0.2, 0.25) is 0 Å². The summed E-state index contributed by atoms with van der Waals surface area (Å²) in [6.45, 7) is 3.17. The fourth-order valence-corrected chi connectivity index (χ4v) is 2.29. The molecular formula is C12H16F3N3. The second kappa shape index (κ2) is 4.42. The van der Waals surface area contributed by atoms with Crippen LogP contribution in [0.4, 0.5) is 19.0 Å². The summed E-state index contributed by atoms with van der Waals surface area (Å²) in [5.74, 6) is 0.349. The molecule has 3 nitrogen and oxygen atoms in total. The third-order valence-corrected chi connectivity index (χ3v) is 3.11. The van der Waals surface area contributed by atoms with Crippen molar-refractivity contribution >= 4 is 5.82 Å². The van der Waals surface area contributed by atoms with Gasteiger partial charge in [-0.15, -0.1) is 0 Å². The van der Waals surface area contributed by atoms with Crippen molar-refractivity contribution in [2.75, 3.05) is 18.0 Å². The molecule has 0 atom stereocenters. The molecule has 1 aliphatic heterocycles. The zero-order chi connectivity index (χ0) is 13.4. The van der Waals surface area contributed by atoms with Crippen LogP contribution in [0, 0.1) is 0 Å². The van der Waals surface area contributed by atoms with E-state index in [9.17, 15) is 13.2 Å².